The van der Waals surface area contributed by atoms with Crippen molar-refractivity contribution in [1.29, 1.82) is 0 Å². The molecule has 0 radical (unpaired) electrons. The SMILES string of the molecule is CCC(O)(CC)CNC(=O)NCc1cccc(N2CC=CC2)c1. The van der Waals surface area contributed by atoms with Crippen molar-refractivity contribution in [2.24, 2.45) is 0 Å². The molecule has 1 aromatic rings. The molecule has 2 rings (SSSR count). The Bertz CT molecular complexity index is 545. The second-order valence-electron chi connectivity index (χ2n) is 6.01. The van der Waals surface area contributed by atoms with Crippen molar-refractivity contribution < 1.29 is 9.90 Å². The van der Waals surface area contributed by atoms with E-state index in [0.29, 0.717) is 19.4 Å². The highest BCUT2D eigenvalue weighted by molar-refractivity contribution is 5.74. The molecule has 1 aromatic carbocycles. The summed E-state index contributed by atoms with van der Waals surface area (Å²) >= 11 is 0. The van der Waals surface area contributed by atoms with Gasteiger partial charge in [0.05, 0.1) is 5.60 Å². The molecule has 0 unspecified atom stereocenters. The fourth-order valence-corrected chi connectivity index (χ4v) is 2.54. The summed E-state index contributed by atoms with van der Waals surface area (Å²) in [6.07, 6.45) is 5.55. The van der Waals surface area contributed by atoms with Gasteiger partial charge < -0.3 is 20.6 Å². The lowest BCUT2D eigenvalue weighted by molar-refractivity contribution is 0.0349. The van der Waals surface area contributed by atoms with Crippen LogP contribution in [0.5, 0.6) is 0 Å². The number of hydrogen-bond donors (Lipinski definition) is 3. The Hall–Kier alpha value is -2.01. The molecular formula is C18H27N3O2. The van der Waals surface area contributed by atoms with E-state index in [4.69, 9.17) is 0 Å². The van der Waals surface area contributed by atoms with Crippen LogP contribution in [0.3, 0.4) is 0 Å². The van der Waals surface area contributed by atoms with Gasteiger partial charge in [0.25, 0.3) is 0 Å². The van der Waals surface area contributed by atoms with Crippen LogP contribution >= 0.6 is 0 Å². The second-order valence-corrected chi connectivity index (χ2v) is 6.01. The van der Waals surface area contributed by atoms with Gasteiger partial charge in [0, 0.05) is 31.9 Å². The van der Waals surface area contributed by atoms with Gasteiger partial charge in [-0.1, -0.05) is 38.1 Å². The third-order valence-corrected chi connectivity index (χ3v) is 4.44. The molecule has 1 heterocycles. The number of hydrogen-bond acceptors (Lipinski definition) is 3. The van der Waals surface area contributed by atoms with Gasteiger partial charge in [-0.15, -0.1) is 0 Å². The smallest absolute Gasteiger partial charge is 0.315 e. The minimum Gasteiger partial charge on any atom is -0.388 e. The van der Waals surface area contributed by atoms with Crippen LogP contribution < -0.4 is 15.5 Å². The van der Waals surface area contributed by atoms with Crippen molar-refractivity contribution in [1.82, 2.24) is 10.6 Å². The highest BCUT2D eigenvalue weighted by atomic mass is 16.3. The Balaban J connectivity index is 1.81. The number of aliphatic hydroxyl groups is 1. The molecule has 0 atom stereocenters. The monoisotopic (exact) mass is 317 g/mol. The average Bonchev–Trinajstić information content (AvgIpc) is 3.13. The highest BCUT2D eigenvalue weighted by Crippen LogP contribution is 2.18. The zero-order valence-electron chi connectivity index (χ0n) is 14.0. The van der Waals surface area contributed by atoms with E-state index in [1.165, 1.54) is 5.69 Å². The molecule has 0 fully saturated rings. The number of nitrogens with zero attached hydrogens (tertiary/aromatic N) is 1. The normalized spacial score (nSPS) is 14.1. The lowest BCUT2D eigenvalue weighted by atomic mass is 9.98. The molecule has 0 saturated heterocycles. The van der Waals surface area contributed by atoms with E-state index in [1.54, 1.807) is 0 Å². The van der Waals surface area contributed by atoms with E-state index in [2.05, 4.69) is 39.8 Å². The standard InChI is InChI=1S/C18H27N3O2/c1-3-18(23,4-2)14-20-17(22)19-13-15-8-7-9-16(12-15)21-10-5-6-11-21/h5-9,12,23H,3-4,10-11,13-14H2,1-2H3,(H2,19,20,22). The van der Waals surface area contributed by atoms with Crippen LogP contribution in [0.15, 0.2) is 36.4 Å². The summed E-state index contributed by atoms with van der Waals surface area (Å²) in [6.45, 7) is 6.44. The van der Waals surface area contributed by atoms with Crippen LogP contribution in [0, 0.1) is 0 Å². The van der Waals surface area contributed by atoms with E-state index < -0.39 is 5.60 Å². The van der Waals surface area contributed by atoms with E-state index in [-0.39, 0.29) is 12.6 Å². The number of nitrogens with one attached hydrogen (secondary N) is 2. The fourth-order valence-electron chi connectivity index (χ4n) is 2.54. The molecule has 0 spiro atoms. The van der Waals surface area contributed by atoms with E-state index in [1.807, 2.05) is 26.0 Å². The van der Waals surface area contributed by atoms with Crippen LogP contribution in [0.1, 0.15) is 32.3 Å². The summed E-state index contributed by atoms with van der Waals surface area (Å²) in [5.74, 6) is 0. The van der Waals surface area contributed by atoms with Crippen LogP contribution in [0.25, 0.3) is 0 Å². The third kappa shape index (κ3) is 4.99. The molecule has 0 aliphatic carbocycles. The molecule has 0 aromatic heterocycles. The number of carbonyl (C=O) groups is 1. The van der Waals surface area contributed by atoms with Crippen molar-refractivity contribution in [2.45, 2.75) is 38.8 Å². The molecule has 1 aliphatic heterocycles. The second kappa shape index (κ2) is 8.02. The Kier molecular flexibility index (Phi) is 6.04. The summed E-state index contributed by atoms with van der Waals surface area (Å²) < 4.78 is 0. The Morgan fingerprint density at radius 3 is 2.57 bits per heavy atom. The molecular weight excluding hydrogens is 290 g/mol. The number of amides is 2. The first-order valence-corrected chi connectivity index (χ1v) is 8.29. The number of rotatable bonds is 7. The summed E-state index contributed by atoms with van der Waals surface area (Å²) in [5.41, 5.74) is 1.41. The van der Waals surface area contributed by atoms with Crippen LogP contribution in [0.4, 0.5) is 10.5 Å². The van der Waals surface area contributed by atoms with E-state index in [9.17, 15) is 9.90 Å². The summed E-state index contributed by atoms with van der Waals surface area (Å²) in [6, 6.07) is 7.94. The number of urea groups is 1. The zero-order chi connectivity index (χ0) is 16.7. The van der Waals surface area contributed by atoms with E-state index in [0.717, 1.165) is 18.7 Å². The number of benzene rings is 1. The first kappa shape index (κ1) is 17.3. The molecule has 1 aliphatic rings. The Morgan fingerprint density at radius 2 is 1.91 bits per heavy atom. The van der Waals surface area contributed by atoms with Gasteiger partial charge in [0.1, 0.15) is 0 Å². The van der Waals surface area contributed by atoms with Gasteiger partial charge in [0.2, 0.25) is 0 Å². The average molecular weight is 317 g/mol. The molecule has 0 bridgehead atoms. The van der Waals surface area contributed by atoms with Crippen LogP contribution in [0.2, 0.25) is 0 Å². The predicted octanol–water partition coefficient (Wildman–Crippen LogP) is 2.41. The zero-order valence-corrected chi connectivity index (χ0v) is 14.0. The van der Waals surface area contributed by atoms with Crippen molar-refractivity contribution in [3.63, 3.8) is 0 Å². The maximum Gasteiger partial charge on any atom is 0.315 e. The molecule has 0 saturated carbocycles. The van der Waals surface area contributed by atoms with Crippen LogP contribution in [-0.4, -0.2) is 36.4 Å². The summed E-state index contributed by atoms with van der Waals surface area (Å²) in [5, 5.41) is 15.8. The largest absolute Gasteiger partial charge is 0.388 e. The lowest BCUT2D eigenvalue weighted by Crippen LogP contribution is -2.45. The highest BCUT2D eigenvalue weighted by Gasteiger charge is 2.22. The Morgan fingerprint density at radius 1 is 1.22 bits per heavy atom. The molecule has 126 valence electrons. The van der Waals surface area contributed by atoms with Gasteiger partial charge >= 0.3 is 6.03 Å². The maximum absolute atomic E-state index is 11.9. The predicted molar refractivity (Wildman–Crippen MR) is 93.6 cm³/mol. The van der Waals surface area contributed by atoms with Crippen LogP contribution in [-0.2, 0) is 6.54 Å². The van der Waals surface area contributed by atoms with Gasteiger partial charge in [-0.05, 0) is 30.5 Å². The van der Waals surface area contributed by atoms with Crippen molar-refractivity contribution in [3.05, 3.63) is 42.0 Å². The lowest BCUT2D eigenvalue weighted by Gasteiger charge is -2.25. The van der Waals surface area contributed by atoms with Gasteiger partial charge in [-0.3, -0.25) is 0 Å². The van der Waals surface area contributed by atoms with E-state index >= 15 is 0 Å². The topological polar surface area (TPSA) is 64.6 Å². The third-order valence-electron chi connectivity index (χ3n) is 4.44. The number of anilines is 1. The molecule has 5 nitrogen and oxygen atoms in total. The van der Waals surface area contributed by atoms with Crippen molar-refractivity contribution in [3.8, 4) is 0 Å². The first-order chi connectivity index (χ1) is 11.1. The van der Waals surface area contributed by atoms with Gasteiger partial charge in [0.15, 0.2) is 0 Å². The maximum atomic E-state index is 11.9. The van der Waals surface area contributed by atoms with Gasteiger partial charge in [-0.25, -0.2) is 4.79 Å². The minimum absolute atomic E-state index is 0.251. The summed E-state index contributed by atoms with van der Waals surface area (Å²) in [7, 11) is 0. The molecule has 5 heteroatoms. The Labute approximate surface area is 138 Å². The minimum atomic E-state index is -0.819. The number of carbonyl (C=O) groups excluding carboxylic acids is 1. The molecule has 23 heavy (non-hydrogen) atoms. The molecule has 2 amide bonds. The van der Waals surface area contributed by atoms with Crippen molar-refractivity contribution >= 4 is 11.7 Å². The first-order valence-electron chi connectivity index (χ1n) is 8.29. The van der Waals surface area contributed by atoms with Crippen molar-refractivity contribution in [2.75, 3.05) is 24.5 Å². The summed E-state index contributed by atoms with van der Waals surface area (Å²) in [4.78, 5) is 14.2. The van der Waals surface area contributed by atoms with Gasteiger partial charge in [-0.2, -0.15) is 0 Å². The quantitative estimate of drug-likeness (QED) is 0.677. The fraction of sp³-hybridized carbons (Fsp3) is 0.500. The molecule has 3 N–H and O–H groups in total.